The summed E-state index contributed by atoms with van der Waals surface area (Å²) < 4.78 is 12.2. The molecule has 0 N–H and O–H groups in total. The van der Waals surface area contributed by atoms with Crippen LogP contribution in [0.5, 0.6) is 11.5 Å². The minimum Gasteiger partial charge on any atom is -0.493 e. The van der Waals surface area contributed by atoms with Crippen LogP contribution in [0, 0.1) is 26.2 Å². The van der Waals surface area contributed by atoms with Crippen LogP contribution in [-0.2, 0) is 13.0 Å². The Hall–Kier alpha value is -2.78. The van der Waals surface area contributed by atoms with Crippen molar-refractivity contribution in [3.05, 3.63) is 50.4 Å². The molecule has 3 rings (SSSR count). The molecule has 0 aliphatic carbocycles. The van der Waals surface area contributed by atoms with E-state index in [9.17, 15) is 4.79 Å². The second kappa shape index (κ2) is 7.22. The zero-order chi connectivity index (χ0) is 18.8. The summed E-state index contributed by atoms with van der Waals surface area (Å²) in [6, 6.07) is 5.67. The Morgan fingerprint density at radius 3 is 2.62 bits per heavy atom. The highest BCUT2D eigenvalue weighted by Crippen LogP contribution is 2.29. The SMILES string of the molecule is C#CCn1c(Cc2ccc(OC)c(OC)c2)nc2sc(C)c(C)c2c1=O. The van der Waals surface area contributed by atoms with Crippen molar-refractivity contribution in [3.63, 3.8) is 0 Å². The predicted octanol–water partition coefficient (Wildman–Crippen LogP) is 3.32. The molecule has 0 radical (unpaired) electrons. The van der Waals surface area contributed by atoms with Gasteiger partial charge in [0.05, 0.1) is 26.2 Å². The number of fused-ring (bicyclic) bond motifs is 1. The summed E-state index contributed by atoms with van der Waals surface area (Å²) in [7, 11) is 3.19. The zero-order valence-corrected chi connectivity index (χ0v) is 16.1. The number of hydrogen-bond donors (Lipinski definition) is 0. The van der Waals surface area contributed by atoms with E-state index in [0.29, 0.717) is 29.1 Å². The van der Waals surface area contributed by atoms with E-state index in [4.69, 9.17) is 20.9 Å². The van der Waals surface area contributed by atoms with Crippen molar-refractivity contribution in [1.82, 2.24) is 9.55 Å². The highest BCUT2D eigenvalue weighted by molar-refractivity contribution is 7.18. The third kappa shape index (κ3) is 3.06. The zero-order valence-electron chi connectivity index (χ0n) is 15.3. The molecule has 0 saturated heterocycles. The summed E-state index contributed by atoms with van der Waals surface area (Å²) in [6.45, 7) is 4.14. The summed E-state index contributed by atoms with van der Waals surface area (Å²) in [6.07, 6.45) is 5.97. The van der Waals surface area contributed by atoms with E-state index in [2.05, 4.69) is 5.92 Å². The monoisotopic (exact) mass is 368 g/mol. The molecule has 1 aromatic carbocycles. The van der Waals surface area contributed by atoms with Crippen LogP contribution in [0.1, 0.15) is 21.8 Å². The minimum absolute atomic E-state index is 0.0784. The topological polar surface area (TPSA) is 53.4 Å². The molecule has 0 saturated carbocycles. The molecule has 0 unspecified atom stereocenters. The van der Waals surface area contributed by atoms with Crippen LogP contribution in [0.25, 0.3) is 10.2 Å². The van der Waals surface area contributed by atoms with E-state index in [1.54, 1.807) is 18.8 Å². The first-order valence-electron chi connectivity index (χ1n) is 8.14. The molecular formula is C20H20N2O3S. The Kier molecular flexibility index (Phi) is 5.01. The van der Waals surface area contributed by atoms with Crippen molar-refractivity contribution >= 4 is 21.6 Å². The lowest BCUT2D eigenvalue weighted by atomic mass is 10.1. The molecular weight excluding hydrogens is 348 g/mol. The van der Waals surface area contributed by atoms with Gasteiger partial charge in [0, 0.05) is 11.3 Å². The van der Waals surface area contributed by atoms with E-state index >= 15 is 0 Å². The molecule has 0 aliphatic heterocycles. The number of nitrogens with zero attached hydrogens (tertiary/aromatic N) is 2. The van der Waals surface area contributed by atoms with Crippen LogP contribution in [0.4, 0.5) is 0 Å². The summed E-state index contributed by atoms with van der Waals surface area (Å²) >= 11 is 1.54. The Morgan fingerprint density at radius 1 is 1.23 bits per heavy atom. The van der Waals surface area contributed by atoms with Crippen LogP contribution in [0.15, 0.2) is 23.0 Å². The third-order valence-corrected chi connectivity index (χ3v) is 5.53. The van der Waals surface area contributed by atoms with Crippen LogP contribution in [-0.4, -0.2) is 23.8 Å². The average molecular weight is 368 g/mol. The molecule has 26 heavy (non-hydrogen) atoms. The van der Waals surface area contributed by atoms with Crippen LogP contribution in [0.2, 0.25) is 0 Å². The van der Waals surface area contributed by atoms with Gasteiger partial charge in [0.2, 0.25) is 0 Å². The molecule has 0 amide bonds. The molecule has 2 aromatic heterocycles. The molecule has 5 nitrogen and oxygen atoms in total. The lowest BCUT2D eigenvalue weighted by molar-refractivity contribution is 0.354. The minimum atomic E-state index is -0.0784. The molecule has 134 valence electrons. The van der Waals surface area contributed by atoms with Crippen molar-refractivity contribution in [3.8, 4) is 23.8 Å². The van der Waals surface area contributed by atoms with Gasteiger partial charge >= 0.3 is 0 Å². The maximum atomic E-state index is 13.0. The number of aryl methyl sites for hydroxylation is 2. The van der Waals surface area contributed by atoms with Gasteiger partial charge in [-0.1, -0.05) is 12.0 Å². The van der Waals surface area contributed by atoms with Gasteiger partial charge in [-0.15, -0.1) is 17.8 Å². The molecule has 0 fully saturated rings. The summed E-state index contributed by atoms with van der Waals surface area (Å²) in [5, 5.41) is 0.666. The molecule has 0 bridgehead atoms. The Bertz CT molecular complexity index is 1070. The maximum absolute atomic E-state index is 13.0. The highest BCUT2D eigenvalue weighted by Gasteiger charge is 2.17. The van der Waals surface area contributed by atoms with Crippen molar-refractivity contribution in [2.45, 2.75) is 26.8 Å². The predicted molar refractivity (Wildman–Crippen MR) is 105 cm³/mol. The van der Waals surface area contributed by atoms with Gasteiger partial charge in [0.15, 0.2) is 11.5 Å². The second-order valence-electron chi connectivity index (χ2n) is 5.95. The van der Waals surface area contributed by atoms with E-state index < -0.39 is 0 Å². The second-order valence-corrected chi connectivity index (χ2v) is 7.16. The molecule has 6 heteroatoms. The number of ether oxygens (including phenoxy) is 2. The molecule has 0 aliphatic rings. The fourth-order valence-corrected chi connectivity index (χ4v) is 3.97. The van der Waals surface area contributed by atoms with Gasteiger partial charge in [-0.25, -0.2) is 4.98 Å². The first kappa shape index (κ1) is 18.0. The fourth-order valence-electron chi connectivity index (χ4n) is 2.93. The van der Waals surface area contributed by atoms with Crippen molar-refractivity contribution < 1.29 is 9.47 Å². The Morgan fingerprint density at radius 2 is 1.96 bits per heavy atom. The standard InChI is InChI=1S/C20H20N2O3S/c1-6-9-22-17(11-14-7-8-15(24-4)16(10-14)25-5)21-19-18(20(22)23)12(2)13(3)26-19/h1,7-8,10H,9,11H2,2-5H3. The van der Waals surface area contributed by atoms with Crippen LogP contribution < -0.4 is 15.0 Å². The first-order chi connectivity index (χ1) is 12.5. The lowest BCUT2D eigenvalue weighted by Crippen LogP contribution is -2.25. The number of methoxy groups -OCH3 is 2. The van der Waals surface area contributed by atoms with Crippen molar-refractivity contribution in [1.29, 1.82) is 0 Å². The summed E-state index contributed by atoms with van der Waals surface area (Å²) in [4.78, 5) is 19.6. The van der Waals surface area contributed by atoms with Gasteiger partial charge in [-0.2, -0.15) is 0 Å². The van der Waals surface area contributed by atoms with Gasteiger partial charge in [0.25, 0.3) is 5.56 Å². The summed E-state index contributed by atoms with van der Waals surface area (Å²) in [5.74, 6) is 4.51. The lowest BCUT2D eigenvalue weighted by Gasteiger charge is -2.12. The van der Waals surface area contributed by atoms with E-state index in [1.165, 1.54) is 11.3 Å². The van der Waals surface area contributed by atoms with E-state index in [-0.39, 0.29) is 12.1 Å². The number of benzene rings is 1. The number of aromatic nitrogens is 2. The van der Waals surface area contributed by atoms with Crippen molar-refractivity contribution in [2.75, 3.05) is 14.2 Å². The van der Waals surface area contributed by atoms with Gasteiger partial charge in [-0.05, 0) is 37.1 Å². The summed E-state index contributed by atoms with van der Waals surface area (Å²) in [5.41, 5.74) is 1.86. The first-order valence-corrected chi connectivity index (χ1v) is 8.95. The van der Waals surface area contributed by atoms with Crippen LogP contribution >= 0.6 is 11.3 Å². The molecule has 3 aromatic rings. The Labute approximate surface area is 156 Å². The quantitative estimate of drug-likeness (QED) is 0.649. The third-order valence-electron chi connectivity index (χ3n) is 4.43. The fraction of sp³-hybridized carbons (Fsp3) is 0.300. The Balaban J connectivity index is 2.14. The average Bonchev–Trinajstić information content (AvgIpc) is 2.92. The smallest absolute Gasteiger partial charge is 0.263 e. The van der Waals surface area contributed by atoms with Gasteiger partial charge in [-0.3, -0.25) is 9.36 Å². The van der Waals surface area contributed by atoms with E-state index in [1.807, 2.05) is 32.0 Å². The maximum Gasteiger partial charge on any atom is 0.263 e. The number of terminal acetylenes is 1. The largest absolute Gasteiger partial charge is 0.493 e. The normalized spacial score (nSPS) is 10.7. The number of thiophene rings is 1. The molecule has 2 heterocycles. The van der Waals surface area contributed by atoms with Crippen LogP contribution in [0.3, 0.4) is 0 Å². The van der Waals surface area contributed by atoms with Gasteiger partial charge in [0.1, 0.15) is 10.7 Å². The van der Waals surface area contributed by atoms with Gasteiger partial charge < -0.3 is 9.47 Å². The van der Waals surface area contributed by atoms with E-state index in [0.717, 1.165) is 20.8 Å². The molecule has 0 atom stereocenters. The number of hydrogen-bond acceptors (Lipinski definition) is 5. The number of rotatable bonds is 5. The van der Waals surface area contributed by atoms with Crippen molar-refractivity contribution in [2.24, 2.45) is 0 Å². The molecule has 0 spiro atoms. The highest BCUT2D eigenvalue weighted by atomic mass is 32.1.